The molecule has 0 amide bonds. The summed E-state index contributed by atoms with van der Waals surface area (Å²) >= 11 is 0. The molecule has 0 bridgehead atoms. The number of fused-ring (bicyclic) bond motifs is 1. The molecule has 0 unspecified atom stereocenters. The van der Waals surface area contributed by atoms with Crippen molar-refractivity contribution in [2.24, 2.45) is 0 Å². The summed E-state index contributed by atoms with van der Waals surface area (Å²) in [5, 5.41) is 10.8. The molecule has 3 rings (SSSR count). The summed E-state index contributed by atoms with van der Waals surface area (Å²) in [6, 6.07) is 15.4. The minimum Gasteiger partial charge on any atom is -0.494 e. The lowest BCUT2D eigenvalue weighted by atomic mass is 10.1. The minimum atomic E-state index is -3.34. The smallest absolute Gasteiger partial charge is 0.232 e. The van der Waals surface area contributed by atoms with Gasteiger partial charge in [-0.2, -0.15) is 5.26 Å². The molecule has 3 aromatic rings. The molecule has 7 heteroatoms. The van der Waals surface area contributed by atoms with Gasteiger partial charge in [-0.1, -0.05) is 19.1 Å². The van der Waals surface area contributed by atoms with E-state index in [0.717, 1.165) is 34.3 Å². The standard InChI is InChI=1S/C23H27N3O3S/c1-5-13-29-19-11-12-20-21(15-24)23(26(16(3)4)22(20)14-19)17-7-9-18(10-8-17)25-30(27,28)6-2/h7-12,14,16,25H,5-6,13H2,1-4H3. The molecule has 1 heterocycles. The monoisotopic (exact) mass is 425 g/mol. The van der Waals surface area contributed by atoms with Gasteiger partial charge in [0.1, 0.15) is 11.8 Å². The first-order valence-electron chi connectivity index (χ1n) is 10.1. The quantitative estimate of drug-likeness (QED) is 0.530. The first-order valence-corrected chi connectivity index (χ1v) is 11.8. The lowest BCUT2D eigenvalue weighted by Gasteiger charge is -2.16. The van der Waals surface area contributed by atoms with Crippen molar-refractivity contribution in [1.82, 2.24) is 4.57 Å². The van der Waals surface area contributed by atoms with Crippen molar-refractivity contribution < 1.29 is 13.2 Å². The third-order valence-electron chi connectivity index (χ3n) is 4.89. The number of aromatic nitrogens is 1. The zero-order valence-electron chi connectivity index (χ0n) is 17.8. The van der Waals surface area contributed by atoms with E-state index in [-0.39, 0.29) is 11.8 Å². The zero-order valence-corrected chi connectivity index (χ0v) is 18.6. The molecule has 2 aromatic carbocycles. The molecule has 0 saturated heterocycles. The van der Waals surface area contributed by atoms with E-state index in [1.54, 1.807) is 19.1 Å². The summed E-state index contributed by atoms with van der Waals surface area (Å²) in [4.78, 5) is 0. The Morgan fingerprint density at radius 1 is 1.13 bits per heavy atom. The largest absolute Gasteiger partial charge is 0.494 e. The zero-order chi connectivity index (χ0) is 21.9. The fourth-order valence-corrected chi connectivity index (χ4v) is 4.12. The van der Waals surface area contributed by atoms with E-state index in [1.807, 2.05) is 30.3 Å². The van der Waals surface area contributed by atoms with Crippen molar-refractivity contribution in [1.29, 1.82) is 5.26 Å². The van der Waals surface area contributed by atoms with Gasteiger partial charge in [0.05, 0.1) is 29.1 Å². The fraction of sp³-hybridized carbons (Fsp3) is 0.348. The molecule has 0 spiro atoms. The third-order valence-corrected chi connectivity index (χ3v) is 6.20. The molecule has 30 heavy (non-hydrogen) atoms. The normalized spacial score (nSPS) is 11.6. The van der Waals surface area contributed by atoms with Gasteiger partial charge < -0.3 is 9.30 Å². The Bertz CT molecular complexity index is 1190. The molecule has 0 aliphatic heterocycles. The molecule has 0 saturated carbocycles. The van der Waals surface area contributed by atoms with Gasteiger partial charge in [0.15, 0.2) is 0 Å². The van der Waals surface area contributed by atoms with Crippen LogP contribution < -0.4 is 9.46 Å². The number of anilines is 1. The predicted octanol–water partition coefficient (Wildman–Crippen LogP) is 5.31. The van der Waals surface area contributed by atoms with Crippen LogP contribution in [0.3, 0.4) is 0 Å². The van der Waals surface area contributed by atoms with Crippen LogP contribution in [-0.4, -0.2) is 25.3 Å². The Morgan fingerprint density at radius 3 is 2.40 bits per heavy atom. The van der Waals surface area contributed by atoms with E-state index in [4.69, 9.17) is 4.74 Å². The van der Waals surface area contributed by atoms with E-state index < -0.39 is 10.0 Å². The lowest BCUT2D eigenvalue weighted by Crippen LogP contribution is -2.14. The van der Waals surface area contributed by atoms with E-state index in [0.29, 0.717) is 17.9 Å². The third kappa shape index (κ3) is 4.29. The molecular weight excluding hydrogens is 398 g/mol. The van der Waals surface area contributed by atoms with Gasteiger partial charge in [-0.15, -0.1) is 0 Å². The summed E-state index contributed by atoms with van der Waals surface area (Å²) in [7, 11) is -3.34. The Labute approximate surface area is 178 Å². The topological polar surface area (TPSA) is 84.1 Å². The SMILES string of the molecule is CCCOc1ccc2c(C#N)c(-c3ccc(NS(=O)(=O)CC)cc3)n(C(C)C)c2c1. The molecule has 0 atom stereocenters. The molecule has 0 radical (unpaired) electrons. The van der Waals surface area contributed by atoms with Crippen LogP contribution in [0.15, 0.2) is 42.5 Å². The molecule has 0 fully saturated rings. The van der Waals surface area contributed by atoms with Crippen molar-refractivity contribution in [2.75, 3.05) is 17.1 Å². The first-order chi connectivity index (χ1) is 14.3. The number of hydrogen-bond acceptors (Lipinski definition) is 4. The van der Waals surface area contributed by atoms with Crippen molar-refractivity contribution in [3.8, 4) is 23.1 Å². The van der Waals surface area contributed by atoms with Crippen molar-refractivity contribution in [2.45, 2.75) is 40.2 Å². The minimum absolute atomic E-state index is 0.0113. The highest BCUT2D eigenvalue weighted by Gasteiger charge is 2.21. The van der Waals surface area contributed by atoms with E-state index in [9.17, 15) is 13.7 Å². The Hall–Kier alpha value is -2.98. The average Bonchev–Trinajstić information content (AvgIpc) is 3.06. The van der Waals surface area contributed by atoms with Gasteiger partial charge in [-0.05, 0) is 57.0 Å². The second-order valence-corrected chi connectivity index (χ2v) is 9.42. The van der Waals surface area contributed by atoms with Crippen LogP contribution in [-0.2, 0) is 10.0 Å². The molecule has 0 aliphatic rings. The van der Waals surface area contributed by atoms with Gasteiger partial charge in [-0.25, -0.2) is 8.42 Å². The fourth-order valence-electron chi connectivity index (χ4n) is 3.48. The summed E-state index contributed by atoms with van der Waals surface area (Å²) in [6.45, 7) is 8.45. The van der Waals surface area contributed by atoms with Crippen LogP contribution in [0, 0.1) is 11.3 Å². The highest BCUT2D eigenvalue weighted by atomic mass is 32.2. The van der Waals surface area contributed by atoms with Crippen molar-refractivity contribution in [3.05, 3.63) is 48.0 Å². The van der Waals surface area contributed by atoms with Crippen molar-refractivity contribution in [3.63, 3.8) is 0 Å². The van der Waals surface area contributed by atoms with E-state index in [1.165, 1.54) is 0 Å². The van der Waals surface area contributed by atoms with Gasteiger partial charge >= 0.3 is 0 Å². The second kappa shape index (κ2) is 8.80. The lowest BCUT2D eigenvalue weighted by molar-refractivity contribution is 0.317. The maximum Gasteiger partial charge on any atom is 0.232 e. The molecular formula is C23H27N3O3S. The van der Waals surface area contributed by atoms with Gasteiger partial charge in [0.25, 0.3) is 0 Å². The Morgan fingerprint density at radius 2 is 1.83 bits per heavy atom. The van der Waals surface area contributed by atoms with Crippen LogP contribution in [0.5, 0.6) is 5.75 Å². The number of hydrogen-bond donors (Lipinski definition) is 1. The number of ether oxygens (including phenoxy) is 1. The highest BCUT2D eigenvalue weighted by Crippen LogP contribution is 2.38. The van der Waals surface area contributed by atoms with Gasteiger partial charge in [0.2, 0.25) is 10.0 Å². The van der Waals surface area contributed by atoms with Gasteiger partial charge in [-0.3, -0.25) is 4.72 Å². The molecule has 1 aromatic heterocycles. The number of nitrogens with zero attached hydrogens (tertiary/aromatic N) is 2. The molecule has 158 valence electrons. The van der Waals surface area contributed by atoms with Gasteiger partial charge in [0, 0.05) is 23.2 Å². The Balaban J connectivity index is 2.15. The summed E-state index contributed by atoms with van der Waals surface area (Å²) in [6.07, 6.45) is 0.923. The summed E-state index contributed by atoms with van der Waals surface area (Å²) < 4.78 is 34.1. The molecule has 6 nitrogen and oxygen atoms in total. The Kier molecular flexibility index (Phi) is 6.37. The van der Waals surface area contributed by atoms with Crippen LogP contribution >= 0.6 is 0 Å². The number of rotatable bonds is 8. The van der Waals surface area contributed by atoms with Crippen LogP contribution in [0.2, 0.25) is 0 Å². The summed E-state index contributed by atoms with van der Waals surface area (Å²) in [5.41, 5.74) is 3.72. The van der Waals surface area contributed by atoms with Crippen LogP contribution in [0.4, 0.5) is 5.69 Å². The maximum atomic E-state index is 11.8. The predicted molar refractivity (Wildman–Crippen MR) is 121 cm³/mol. The molecule has 0 aliphatic carbocycles. The number of nitriles is 1. The first kappa shape index (κ1) is 21.7. The van der Waals surface area contributed by atoms with Crippen molar-refractivity contribution >= 4 is 26.6 Å². The number of nitrogens with one attached hydrogen (secondary N) is 1. The van der Waals surface area contributed by atoms with E-state index in [2.05, 4.69) is 36.1 Å². The number of benzene rings is 2. The van der Waals surface area contributed by atoms with E-state index >= 15 is 0 Å². The maximum absolute atomic E-state index is 11.8. The molecule has 1 N–H and O–H groups in total. The average molecular weight is 426 g/mol. The van der Waals surface area contributed by atoms with Crippen LogP contribution in [0.25, 0.3) is 22.2 Å². The summed E-state index contributed by atoms with van der Waals surface area (Å²) in [5.74, 6) is 0.793. The highest BCUT2D eigenvalue weighted by molar-refractivity contribution is 7.92. The number of sulfonamides is 1. The van der Waals surface area contributed by atoms with Crippen LogP contribution in [0.1, 0.15) is 45.7 Å². The second-order valence-electron chi connectivity index (χ2n) is 7.41.